The highest BCUT2D eigenvalue weighted by Gasteiger charge is 2.19. The molecule has 0 saturated carbocycles. The second-order valence-electron chi connectivity index (χ2n) is 8.22. The standard InChI is InChI=1S/C21H31N3O4S/c1-21(2,3)16-8-10-17(11-9-16)29(26,27)23-13-12-20(25)22-15-18(24(4)5)19-7-6-14-28-19/h6-11,14,18,23H,12-13,15H2,1-5H3,(H,22,25). The van der Waals surface area contributed by atoms with Crippen molar-refractivity contribution in [1.29, 1.82) is 0 Å². The molecule has 1 aromatic heterocycles. The Labute approximate surface area is 173 Å². The van der Waals surface area contributed by atoms with E-state index in [1.54, 1.807) is 24.5 Å². The second-order valence-corrected chi connectivity index (χ2v) is 9.99. The highest BCUT2D eigenvalue weighted by molar-refractivity contribution is 7.89. The van der Waals surface area contributed by atoms with Crippen LogP contribution in [0, 0.1) is 0 Å². The number of sulfonamides is 1. The van der Waals surface area contributed by atoms with Crippen LogP contribution in [0.3, 0.4) is 0 Å². The van der Waals surface area contributed by atoms with Crippen molar-refractivity contribution in [3.05, 3.63) is 54.0 Å². The number of furan rings is 1. The number of nitrogens with one attached hydrogen (secondary N) is 2. The van der Waals surface area contributed by atoms with Crippen molar-refractivity contribution in [3.8, 4) is 0 Å². The van der Waals surface area contributed by atoms with Crippen molar-refractivity contribution in [2.45, 2.75) is 43.5 Å². The van der Waals surface area contributed by atoms with Crippen LogP contribution < -0.4 is 10.0 Å². The van der Waals surface area contributed by atoms with Gasteiger partial charge in [0.05, 0.1) is 17.2 Å². The van der Waals surface area contributed by atoms with Gasteiger partial charge in [-0.1, -0.05) is 32.9 Å². The lowest BCUT2D eigenvalue weighted by molar-refractivity contribution is -0.121. The first-order valence-electron chi connectivity index (χ1n) is 9.57. The summed E-state index contributed by atoms with van der Waals surface area (Å²) in [5.74, 6) is 0.531. The number of amides is 1. The second kappa shape index (κ2) is 9.56. The van der Waals surface area contributed by atoms with Crippen LogP contribution >= 0.6 is 0 Å². The fourth-order valence-corrected chi connectivity index (χ4v) is 3.87. The summed E-state index contributed by atoms with van der Waals surface area (Å²) in [6.45, 7) is 6.61. The average molecular weight is 422 g/mol. The molecule has 1 amide bonds. The Bertz CT molecular complexity index is 883. The molecule has 29 heavy (non-hydrogen) atoms. The van der Waals surface area contributed by atoms with E-state index in [9.17, 15) is 13.2 Å². The van der Waals surface area contributed by atoms with E-state index < -0.39 is 10.0 Å². The number of carbonyl (C=O) groups excluding carboxylic acids is 1. The Morgan fingerprint density at radius 3 is 2.31 bits per heavy atom. The Morgan fingerprint density at radius 2 is 1.79 bits per heavy atom. The number of nitrogens with zero attached hydrogens (tertiary/aromatic N) is 1. The molecule has 7 nitrogen and oxygen atoms in total. The van der Waals surface area contributed by atoms with Gasteiger partial charge in [-0.3, -0.25) is 9.69 Å². The van der Waals surface area contributed by atoms with E-state index in [0.717, 1.165) is 11.3 Å². The molecular weight excluding hydrogens is 390 g/mol. The summed E-state index contributed by atoms with van der Waals surface area (Å²) < 4.78 is 32.7. The number of benzene rings is 1. The third-order valence-electron chi connectivity index (χ3n) is 4.66. The molecule has 2 N–H and O–H groups in total. The molecule has 160 valence electrons. The minimum atomic E-state index is -3.65. The maximum atomic E-state index is 12.4. The maximum Gasteiger partial charge on any atom is 0.240 e. The van der Waals surface area contributed by atoms with Crippen LogP contribution in [0.1, 0.15) is 44.6 Å². The monoisotopic (exact) mass is 421 g/mol. The van der Waals surface area contributed by atoms with Gasteiger partial charge < -0.3 is 9.73 Å². The molecule has 1 heterocycles. The van der Waals surface area contributed by atoms with E-state index in [-0.39, 0.29) is 35.2 Å². The summed E-state index contributed by atoms with van der Waals surface area (Å²) in [5, 5.41) is 2.83. The fraction of sp³-hybridized carbons (Fsp3) is 0.476. The van der Waals surface area contributed by atoms with Crippen molar-refractivity contribution in [2.24, 2.45) is 0 Å². The van der Waals surface area contributed by atoms with Gasteiger partial charge in [-0.15, -0.1) is 0 Å². The smallest absolute Gasteiger partial charge is 0.240 e. The molecule has 8 heteroatoms. The van der Waals surface area contributed by atoms with Gasteiger partial charge >= 0.3 is 0 Å². The molecule has 0 saturated heterocycles. The number of rotatable bonds is 9. The average Bonchev–Trinajstić information content (AvgIpc) is 3.15. The lowest BCUT2D eigenvalue weighted by atomic mass is 9.87. The molecule has 1 aromatic carbocycles. The van der Waals surface area contributed by atoms with Gasteiger partial charge in [-0.05, 0) is 49.3 Å². The Morgan fingerprint density at radius 1 is 1.14 bits per heavy atom. The summed E-state index contributed by atoms with van der Waals surface area (Å²) in [7, 11) is 0.151. The van der Waals surface area contributed by atoms with E-state index >= 15 is 0 Å². The number of likely N-dealkylation sites (N-methyl/N-ethyl adjacent to an activating group) is 1. The highest BCUT2D eigenvalue weighted by Crippen LogP contribution is 2.23. The largest absolute Gasteiger partial charge is 0.468 e. The van der Waals surface area contributed by atoms with Gasteiger partial charge in [0, 0.05) is 19.5 Å². The molecule has 0 radical (unpaired) electrons. The molecule has 1 atom stereocenters. The van der Waals surface area contributed by atoms with E-state index in [0.29, 0.717) is 6.54 Å². The molecule has 1 unspecified atom stereocenters. The predicted octanol–water partition coefficient (Wildman–Crippen LogP) is 2.66. The molecular formula is C21H31N3O4S. The molecule has 0 fully saturated rings. The number of hydrogen-bond acceptors (Lipinski definition) is 5. The summed E-state index contributed by atoms with van der Waals surface area (Å²) in [6, 6.07) is 10.4. The third kappa shape index (κ3) is 6.69. The van der Waals surface area contributed by atoms with Gasteiger partial charge in [0.1, 0.15) is 5.76 Å². The summed E-state index contributed by atoms with van der Waals surface area (Å²) >= 11 is 0. The molecule has 2 aromatic rings. The van der Waals surface area contributed by atoms with Crippen molar-refractivity contribution in [2.75, 3.05) is 27.2 Å². The molecule has 0 aliphatic carbocycles. The number of carbonyl (C=O) groups is 1. The van der Waals surface area contributed by atoms with Gasteiger partial charge in [-0.2, -0.15) is 0 Å². The molecule has 0 aliphatic heterocycles. The first-order chi connectivity index (χ1) is 13.5. The normalized spacial score (nSPS) is 13.4. The van der Waals surface area contributed by atoms with Gasteiger partial charge in [0.25, 0.3) is 0 Å². The van der Waals surface area contributed by atoms with Crippen LogP contribution in [0.5, 0.6) is 0 Å². The Hall–Kier alpha value is -2.16. The summed E-state index contributed by atoms with van der Waals surface area (Å²) in [4.78, 5) is 14.3. The summed E-state index contributed by atoms with van der Waals surface area (Å²) in [5.41, 5.74) is 1.01. The van der Waals surface area contributed by atoms with Crippen LogP contribution in [-0.4, -0.2) is 46.4 Å². The minimum Gasteiger partial charge on any atom is -0.468 e. The van der Waals surface area contributed by atoms with E-state index in [1.165, 1.54) is 0 Å². The zero-order valence-corrected chi connectivity index (χ0v) is 18.5. The van der Waals surface area contributed by atoms with Crippen LogP contribution in [0.2, 0.25) is 0 Å². The van der Waals surface area contributed by atoms with E-state index in [2.05, 4.69) is 30.8 Å². The van der Waals surface area contributed by atoms with Gasteiger partial charge in [-0.25, -0.2) is 13.1 Å². The zero-order chi connectivity index (χ0) is 21.7. The first-order valence-corrected chi connectivity index (χ1v) is 11.1. The van der Waals surface area contributed by atoms with Gasteiger partial charge in [0.15, 0.2) is 0 Å². The first kappa shape index (κ1) is 23.1. The van der Waals surface area contributed by atoms with E-state index in [1.807, 2.05) is 37.2 Å². The number of hydrogen-bond donors (Lipinski definition) is 2. The molecule has 2 rings (SSSR count). The minimum absolute atomic E-state index is 0.0303. The Balaban J connectivity index is 1.84. The molecule has 0 aliphatic rings. The fourth-order valence-electron chi connectivity index (χ4n) is 2.83. The van der Waals surface area contributed by atoms with Crippen molar-refractivity contribution >= 4 is 15.9 Å². The van der Waals surface area contributed by atoms with Crippen LogP contribution in [0.25, 0.3) is 0 Å². The zero-order valence-electron chi connectivity index (χ0n) is 17.7. The summed E-state index contributed by atoms with van der Waals surface area (Å²) in [6.07, 6.45) is 1.65. The van der Waals surface area contributed by atoms with E-state index in [4.69, 9.17) is 4.42 Å². The molecule has 0 bridgehead atoms. The van der Waals surface area contributed by atoms with Crippen LogP contribution in [0.15, 0.2) is 52.0 Å². The highest BCUT2D eigenvalue weighted by atomic mass is 32.2. The Kier molecular flexibility index (Phi) is 7.62. The van der Waals surface area contributed by atoms with Crippen LogP contribution in [0.4, 0.5) is 0 Å². The SMILES string of the molecule is CN(C)C(CNC(=O)CCNS(=O)(=O)c1ccc(C(C)(C)C)cc1)c1ccco1. The van der Waals surface area contributed by atoms with Crippen molar-refractivity contribution in [1.82, 2.24) is 14.9 Å². The van der Waals surface area contributed by atoms with Crippen molar-refractivity contribution < 1.29 is 17.6 Å². The topological polar surface area (TPSA) is 91.7 Å². The predicted molar refractivity (Wildman–Crippen MR) is 113 cm³/mol. The lowest BCUT2D eigenvalue weighted by Crippen LogP contribution is -2.36. The lowest BCUT2D eigenvalue weighted by Gasteiger charge is -2.22. The quantitative estimate of drug-likeness (QED) is 0.649. The van der Waals surface area contributed by atoms with Gasteiger partial charge in [0.2, 0.25) is 15.9 Å². The van der Waals surface area contributed by atoms with Crippen molar-refractivity contribution in [3.63, 3.8) is 0 Å². The van der Waals surface area contributed by atoms with Crippen LogP contribution in [-0.2, 0) is 20.2 Å². The third-order valence-corrected chi connectivity index (χ3v) is 6.14. The maximum absolute atomic E-state index is 12.4. The molecule has 0 spiro atoms.